The van der Waals surface area contributed by atoms with Gasteiger partial charge in [0.1, 0.15) is 17.4 Å². The van der Waals surface area contributed by atoms with Crippen LogP contribution in [0.3, 0.4) is 0 Å². The third kappa shape index (κ3) is 3.37. The molecule has 1 unspecified atom stereocenters. The summed E-state index contributed by atoms with van der Waals surface area (Å²) in [5, 5.41) is 6.90. The molecule has 1 atom stereocenters. The summed E-state index contributed by atoms with van der Waals surface area (Å²) in [6.07, 6.45) is 0.0725. The molecule has 1 rings (SSSR count). The van der Waals surface area contributed by atoms with E-state index in [2.05, 4.69) is 10.4 Å². The van der Waals surface area contributed by atoms with Crippen LogP contribution < -0.4 is 5.32 Å². The van der Waals surface area contributed by atoms with Gasteiger partial charge in [-0.2, -0.15) is 5.10 Å². The molecule has 1 N–H and O–H groups in total. The lowest BCUT2D eigenvalue weighted by Gasteiger charge is -2.28. The Labute approximate surface area is 119 Å². The standard InChI is InChI=1S/C14H23N3O3/c1-9-11(10(2)17(7)16-9)14(6,8-18)15-12(19)20-13(3,4)5/h8H,1-7H3,(H,15,19). The second kappa shape index (κ2) is 5.26. The van der Waals surface area contributed by atoms with Crippen molar-refractivity contribution in [2.75, 3.05) is 0 Å². The van der Waals surface area contributed by atoms with Gasteiger partial charge in [0.25, 0.3) is 0 Å². The Bertz CT molecular complexity index is 529. The number of hydrogen-bond acceptors (Lipinski definition) is 4. The normalized spacial score (nSPS) is 14.6. The first-order valence-electron chi connectivity index (χ1n) is 6.48. The molecular weight excluding hydrogens is 258 g/mol. The lowest BCUT2D eigenvalue weighted by molar-refractivity contribution is -0.113. The number of nitrogens with one attached hydrogen (secondary N) is 1. The maximum Gasteiger partial charge on any atom is 0.408 e. The molecule has 1 amide bonds. The lowest BCUT2D eigenvalue weighted by atomic mass is 9.92. The molecule has 1 aromatic heterocycles. The van der Waals surface area contributed by atoms with E-state index in [1.165, 1.54) is 0 Å². The first-order valence-corrected chi connectivity index (χ1v) is 6.48. The van der Waals surface area contributed by atoms with Gasteiger partial charge in [-0.05, 0) is 41.5 Å². The van der Waals surface area contributed by atoms with E-state index in [1.807, 2.05) is 6.92 Å². The molecule has 0 aromatic carbocycles. The van der Waals surface area contributed by atoms with E-state index < -0.39 is 17.2 Å². The fraction of sp³-hybridized carbons (Fsp3) is 0.643. The van der Waals surface area contributed by atoms with Gasteiger partial charge in [0.2, 0.25) is 0 Å². The number of amides is 1. The minimum atomic E-state index is -1.16. The quantitative estimate of drug-likeness (QED) is 0.860. The van der Waals surface area contributed by atoms with Gasteiger partial charge in [-0.25, -0.2) is 4.79 Å². The minimum Gasteiger partial charge on any atom is -0.444 e. The summed E-state index contributed by atoms with van der Waals surface area (Å²) in [7, 11) is 1.80. The maximum atomic E-state index is 11.9. The van der Waals surface area contributed by atoms with E-state index in [0.29, 0.717) is 17.5 Å². The summed E-state index contributed by atoms with van der Waals surface area (Å²) in [6, 6.07) is 0. The van der Waals surface area contributed by atoms with Crippen LogP contribution in [-0.2, 0) is 22.1 Å². The number of aromatic nitrogens is 2. The lowest BCUT2D eigenvalue weighted by Crippen LogP contribution is -2.47. The Morgan fingerprint density at radius 1 is 1.30 bits per heavy atom. The van der Waals surface area contributed by atoms with Crippen LogP contribution in [0.2, 0.25) is 0 Å². The number of aldehydes is 1. The largest absolute Gasteiger partial charge is 0.444 e. The summed E-state index contributed by atoms with van der Waals surface area (Å²) in [5.41, 5.74) is 0.446. The number of rotatable bonds is 3. The highest BCUT2D eigenvalue weighted by Gasteiger charge is 2.35. The summed E-state index contributed by atoms with van der Waals surface area (Å²) in [4.78, 5) is 23.5. The van der Waals surface area contributed by atoms with Gasteiger partial charge in [0, 0.05) is 18.3 Å². The van der Waals surface area contributed by atoms with Crippen LogP contribution in [0.25, 0.3) is 0 Å². The zero-order valence-electron chi connectivity index (χ0n) is 13.2. The van der Waals surface area contributed by atoms with Gasteiger partial charge >= 0.3 is 6.09 Å². The van der Waals surface area contributed by atoms with Gasteiger partial charge in [0.15, 0.2) is 0 Å². The van der Waals surface area contributed by atoms with Crippen molar-refractivity contribution in [3.05, 3.63) is 17.0 Å². The Balaban J connectivity index is 3.09. The summed E-state index contributed by atoms with van der Waals surface area (Å²) in [5.74, 6) is 0. The smallest absolute Gasteiger partial charge is 0.408 e. The van der Waals surface area contributed by atoms with Crippen molar-refractivity contribution in [2.45, 2.75) is 52.7 Å². The SMILES string of the molecule is Cc1nn(C)c(C)c1C(C)(C=O)NC(=O)OC(C)(C)C. The molecule has 0 fully saturated rings. The van der Waals surface area contributed by atoms with E-state index in [9.17, 15) is 9.59 Å². The van der Waals surface area contributed by atoms with Crippen LogP contribution in [0, 0.1) is 13.8 Å². The van der Waals surface area contributed by atoms with Crippen LogP contribution in [0.1, 0.15) is 44.6 Å². The van der Waals surface area contributed by atoms with Gasteiger partial charge in [-0.3, -0.25) is 4.68 Å². The second-order valence-corrected chi connectivity index (χ2v) is 6.12. The Morgan fingerprint density at radius 2 is 1.85 bits per heavy atom. The Morgan fingerprint density at radius 3 is 2.20 bits per heavy atom. The van der Waals surface area contributed by atoms with E-state index in [4.69, 9.17) is 4.74 Å². The molecule has 0 aliphatic heterocycles. The molecule has 0 aliphatic rings. The molecule has 6 heteroatoms. The highest BCUT2D eigenvalue weighted by Crippen LogP contribution is 2.25. The molecule has 0 spiro atoms. The van der Waals surface area contributed by atoms with Crippen molar-refractivity contribution >= 4 is 12.4 Å². The third-order valence-electron chi connectivity index (χ3n) is 3.02. The molecule has 0 saturated carbocycles. The molecule has 1 aromatic rings. The number of carbonyl (C=O) groups excluding carboxylic acids is 2. The molecule has 1 heterocycles. The Kier molecular flexibility index (Phi) is 4.27. The van der Waals surface area contributed by atoms with Crippen LogP contribution in [0.15, 0.2) is 0 Å². The van der Waals surface area contributed by atoms with E-state index in [-0.39, 0.29) is 0 Å². The summed E-state index contributed by atoms with van der Waals surface area (Å²) in [6.45, 7) is 10.6. The van der Waals surface area contributed by atoms with Crippen molar-refractivity contribution in [1.29, 1.82) is 0 Å². The number of alkyl carbamates (subject to hydrolysis) is 1. The number of hydrogen-bond donors (Lipinski definition) is 1. The summed E-state index contributed by atoms with van der Waals surface area (Å²) >= 11 is 0. The highest BCUT2D eigenvalue weighted by molar-refractivity contribution is 5.78. The van der Waals surface area contributed by atoms with Gasteiger partial charge < -0.3 is 14.8 Å². The molecule has 0 saturated heterocycles. The zero-order chi connectivity index (χ0) is 15.7. The third-order valence-corrected chi connectivity index (χ3v) is 3.02. The molecule has 0 radical (unpaired) electrons. The second-order valence-electron chi connectivity index (χ2n) is 6.12. The Hall–Kier alpha value is -1.85. The number of ether oxygens (including phenoxy) is 1. The van der Waals surface area contributed by atoms with E-state index in [1.54, 1.807) is 46.3 Å². The van der Waals surface area contributed by atoms with Crippen molar-refractivity contribution in [2.24, 2.45) is 7.05 Å². The van der Waals surface area contributed by atoms with Gasteiger partial charge in [0.05, 0.1) is 5.69 Å². The van der Waals surface area contributed by atoms with Crippen LogP contribution in [0.4, 0.5) is 4.79 Å². The number of aryl methyl sites for hydroxylation is 2. The summed E-state index contributed by atoms with van der Waals surface area (Å²) < 4.78 is 6.89. The van der Waals surface area contributed by atoms with Crippen molar-refractivity contribution in [3.63, 3.8) is 0 Å². The molecule has 0 aliphatic carbocycles. The average Bonchev–Trinajstić information content (AvgIpc) is 2.50. The average molecular weight is 281 g/mol. The van der Waals surface area contributed by atoms with Crippen molar-refractivity contribution in [3.8, 4) is 0 Å². The van der Waals surface area contributed by atoms with Crippen LogP contribution in [-0.4, -0.2) is 27.8 Å². The van der Waals surface area contributed by atoms with E-state index in [0.717, 1.165) is 5.69 Å². The molecule has 112 valence electrons. The van der Waals surface area contributed by atoms with Crippen LogP contribution in [0.5, 0.6) is 0 Å². The highest BCUT2D eigenvalue weighted by atomic mass is 16.6. The monoisotopic (exact) mass is 281 g/mol. The predicted octanol–water partition coefficient (Wildman–Crippen LogP) is 1.98. The molecular formula is C14H23N3O3. The van der Waals surface area contributed by atoms with Crippen molar-refractivity contribution in [1.82, 2.24) is 15.1 Å². The fourth-order valence-corrected chi connectivity index (χ4v) is 2.19. The fourth-order valence-electron chi connectivity index (χ4n) is 2.19. The topological polar surface area (TPSA) is 73.2 Å². The maximum absolute atomic E-state index is 11.9. The predicted molar refractivity (Wildman–Crippen MR) is 75.5 cm³/mol. The minimum absolute atomic E-state index is 0.618. The zero-order valence-corrected chi connectivity index (χ0v) is 13.2. The molecule has 20 heavy (non-hydrogen) atoms. The van der Waals surface area contributed by atoms with Crippen LogP contribution >= 0.6 is 0 Å². The number of carbonyl (C=O) groups is 2. The van der Waals surface area contributed by atoms with Gasteiger partial charge in [-0.1, -0.05) is 0 Å². The molecule has 0 bridgehead atoms. The molecule has 6 nitrogen and oxygen atoms in total. The first kappa shape index (κ1) is 16.2. The van der Waals surface area contributed by atoms with Gasteiger partial charge in [-0.15, -0.1) is 0 Å². The van der Waals surface area contributed by atoms with E-state index >= 15 is 0 Å². The van der Waals surface area contributed by atoms with Crippen molar-refractivity contribution < 1.29 is 14.3 Å². The first-order chi connectivity index (χ1) is 9.00. The number of nitrogens with zero attached hydrogens (tertiary/aromatic N) is 2.